The molecule has 0 aliphatic carbocycles. The van der Waals surface area contributed by atoms with Crippen molar-refractivity contribution in [3.63, 3.8) is 0 Å². The van der Waals surface area contributed by atoms with Crippen LogP contribution >= 0.6 is 0 Å². The lowest BCUT2D eigenvalue weighted by molar-refractivity contribution is 0.150. The number of piperidine rings is 1. The number of hydrogen-bond donors (Lipinski definition) is 4. The first-order valence-electron chi connectivity index (χ1n) is 10.8. The Bertz CT molecular complexity index is 1130. The minimum absolute atomic E-state index is 0.403. The van der Waals surface area contributed by atoms with Gasteiger partial charge in [0.05, 0.1) is 5.39 Å². The first-order valence-corrected chi connectivity index (χ1v) is 10.8. The largest absolute Gasteiger partial charge is 0.465 e. The van der Waals surface area contributed by atoms with Crippen LogP contribution in [0.25, 0.3) is 16.6 Å². The Morgan fingerprint density at radius 1 is 1.19 bits per heavy atom. The Kier molecular flexibility index (Phi) is 5.30. The van der Waals surface area contributed by atoms with E-state index in [2.05, 4.69) is 55.9 Å². The van der Waals surface area contributed by atoms with Crippen LogP contribution in [0.4, 0.5) is 16.3 Å². The second-order valence-corrected chi connectivity index (χ2v) is 8.15. The minimum Gasteiger partial charge on any atom is -0.465 e. The normalized spacial score (nSPS) is 17.5. The quantitative estimate of drug-likeness (QED) is 0.511. The van der Waals surface area contributed by atoms with E-state index in [0.717, 1.165) is 59.7 Å². The topological polar surface area (TPSA) is 106 Å². The van der Waals surface area contributed by atoms with Gasteiger partial charge in [0.2, 0.25) is 0 Å². The molecule has 4 heterocycles. The van der Waals surface area contributed by atoms with Crippen molar-refractivity contribution in [2.24, 2.45) is 0 Å². The molecule has 3 aromatic rings. The lowest BCUT2D eigenvalue weighted by atomic mass is 9.90. The predicted octanol–water partition coefficient (Wildman–Crippen LogP) is 3.94. The number of fused-ring (bicyclic) bond motifs is 1. The number of carbonyl (C=O) groups is 1. The van der Waals surface area contributed by atoms with Crippen LogP contribution in [-0.2, 0) is 0 Å². The second-order valence-electron chi connectivity index (χ2n) is 8.15. The van der Waals surface area contributed by atoms with Crippen molar-refractivity contribution < 1.29 is 9.90 Å². The third kappa shape index (κ3) is 4.11. The van der Waals surface area contributed by atoms with Crippen LogP contribution in [0.5, 0.6) is 0 Å². The van der Waals surface area contributed by atoms with Crippen molar-refractivity contribution >= 4 is 34.2 Å². The van der Waals surface area contributed by atoms with Crippen molar-refractivity contribution in [3.8, 4) is 0 Å². The van der Waals surface area contributed by atoms with Gasteiger partial charge >= 0.3 is 6.09 Å². The maximum Gasteiger partial charge on any atom is 0.407 e. The highest BCUT2D eigenvalue weighted by atomic mass is 16.4. The molecule has 2 aliphatic heterocycles. The summed E-state index contributed by atoms with van der Waals surface area (Å²) in [5.41, 5.74) is 5.22. The second kappa shape index (κ2) is 8.39. The Balaban J connectivity index is 1.39. The molecule has 0 atom stereocenters. The van der Waals surface area contributed by atoms with Crippen molar-refractivity contribution in [1.82, 2.24) is 25.2 Å². The summed E-state index contributed by atoms with van der Waals surface area (Å²) in [5.74, 6) is 1.36. The van der Waals surface area contributed by atoms with Gasteiger partial charge in [0.1, 0.15) is 17.8 Å². The third-order valence-electron chi connectivity index (χ3n) is 6.21. The molecule has 0 spiro atoms. The molecule has 1 aromatic carbocycles. The van der Waals surface area contributed by atoms with Gasteiger partial charge in [0, 0.05) is 24.5 Å². The fourth-order valence-corrected chi connectivity index (χ4v) is 4.46. The Morgan fingerprint density at radius 3 is 2.84 bits per heavy atom. The van der Waals surface area contributed by atoms with E-state index >= 15 is 0 Å². The Morgan fingerprint density at radius 2 is 2.06 bits per heavy atom. The van der Waals surface area contributed by atoms with Gasteiger partial charge in [-0.2, -0.15) is 0 Å². The van der Waals surface area contributed by atoms with Gasteiger partial charge in [0.25, 0.3) is 0 Å². The molecule has 1 fully saturated rings. The number of nitrogens with zero attached hydrogens (tertiary/aromatic N) is 3. The molecule has 160 valence electrons. The standard InChI is InChI=1S/C23H26N6O2/c30-23(31)29-10-6-16(7-11-29)20-13-19-21(25-14-26-22(19)28-20)27-18-3-1-2-17(12-18)15-4-8-24-9-5-15/h1-3,6,12-15,24H,4-5,7-11H2,(H,30,31)(H2,25,26,27,28). The summed E-state index contributed by atoms with van der Waals surface area (Å²) in [4.78, 5) is 24.8. The van der Waals surface area contributed by atoms with E-state index in [0.29, 0.717) is 25.4 Å². The van der Waals surface area contributed by atoms with E-state index in [9.17, 15) is 4.79 Å². The molecule has 0 saturated carbocycles. The lowest BCUT2D eigenvalue weighted by Crippen LogP contribution is -2.33. The highest BCUT2D eigenvalue weighted by molar-refractivity contribution is 5.92. The number of carboxylic acid groups (broad SMARTS) is 1. The number of amides is 1. The van der Waals surface area contributed by atoms with Crippen molar-refractivity contribution in [2.75, 3.05) is 31.5 Å². The lowest BCUT2D eigenvalue weighted by Gasteiger charge is -2.23. The van der Waals surface area contributed by atoms with Crippen molar-refractivity contribution in [2.45, 2.75) is 25.2 Å². The minimum atomic E-state index is -0.879. The number of benzene rings is 1. The molecule has 1 amide bonds. The highest BCUT2D eigenvalue weighted by Gasteiger charge is 2.19. The van der Waals surface area contributed by atoms with Gasteiger partial charge in [0.15, 0.2) is 0 Å². The molecule has 1 saturated heterocycles. The van der Waals surface area contributed by atoms with Crippen LogP contribution < -0.4 is 10.6 Å². The van der Waals surface area contributed by atoms with E-state index in [1.807, 2.05) is 6.08 Å². The number of nitrogens with one attached hydrogen (secondary N) is 3. The summed E-state index contributed by atoms with van der Waals surface area (Å²) in [5, 5.41) is 17.0. The maximum atomic E-state index is 11.1. The SMILES string of the molecule is O=C(O)N1CC=C(c2cc3c(Nc4cccc(C5CCNCC5)c4)ncnc3[nH]2)CC1. The molecule has 8 nitrogen and oxygen atoms in total. The number of hydrogen-bond acceptors (Lipinski definition) is 5. The fourth-order valence-electron chi connectivity index (χ4n) is 4.46. The Labute approximate surface area is 180 Å². The van der Waals surface area contributed by atoms with Gasteiger partial charge in [-0.05, 0) is 67.6 Å². The van der Waals surface area contributed by atoms with E-state index < -0.39 is 6.09 Å². The third-order valence-corrected chi connectivity index (χ3v) is 6.21. The monoisotopic (exact) mass is 418 g/mol. The summed E-state index contributed by atoms with van der Waals surface area (Å²) in [6, 6.07) is 10.7. The summed E-state index contributed by atoms with van der Waals surface area (Å²) >= 11 is 0. The fraction of sp³-hybridized carbons (Fsp3) is 0.348. The molecule has 4 N–H and O–H groups in total. The first-order chi connectivity index (χ1) is 15.2. The average Bonchev–Trinajstić information content (AvgIpc) is 3.25. The molecule has 2 aromatic heterocycles. The summed E-state index contributed by atoms with van der Waals surface area (Å²) < 4.78 is 0. The smallest absolute Gasteiger partial charge is 0.407 e. The van der Waals surface area contributed by atoms with Gasteiger partial charge in [-0.25, -0.2) is 14.8 Å². The molecule has 31 heavy (non-hydrogen) atoms. The predicted molar refractivity (Wildman–Crippen MR) is 121 cm³/mol. The number of aromatic nitrogens is 3. The van der Waals surface area contributed by atoms with Crippen LogP contribution in [0.2, 0.25) is 0 Å². The first kappa shape index (κ1) is 19.6. The maximum absolute atomic E-state index is 11.1. The zero-order chi connectivity index (χ0) is 21.2. The van der Waals surface area contributed by atoms with Crippen LogP contribution in [-0.4, -0.2) is 57.2 Å². The molecular formula is C23H26N6O2. The molecule has 8 heteroatoms. The number of anilines is 2. The molecule has 0 unspecified atom stereocenters. The molecule has 2 aliphatic rings. The number of rotatable bonds is 4. The van der Waals surface area contributed by atoms with Gasteiger partial charge in [-0.15, -0.1) is 0 Å². The van der Waals surface area contributed by atoms with E-state index in [4.69, 9.17) is 5.11 Å². The van der Waals surface area contributed by atoms with E-state index in [-0.39, 0.29) is 0 Å². The van der Waals surface area contributed by atoms with E-state index in [1.165, 1.54) is 10.5 Å². The average molecular weight is 419 g/mol. The summed E-state index contributed by atoms with van der Waals surface area (Å²) in [6.07, 6.45) is 5.64. The highest BCUT2D eigenvalue weighted by Crippen LogP contribution is 2.31. The molecule has 0 bridgehead atoms. The zero-order valence-electron chi connectivity index (χ0n) is 17.3. The van der Waals surface area contributed by atoms with Crippen molar-refractivity contribution in [1.29, 1.82) is 0 Å². The van der Waals surface area contributed by atoms with Gasteiger partial charge in [-0.3, -0.25) is 0 Å². The molecular weight excluding hydrogens is 392 g/mol. The van der Waals surface area contributed by atoms with Crippen molar-refractivity contribution in [3.05, 3.63) is 54.0 Å². The van der Waals surface area contributed by atoms with Crippen LogP contribution in [0.15, 0.2) is 42.7 Å². The summed E-state index contributed by atoms with van der Waals surface area (Å²) in [6.45, 7) is 3.04. The van der Waals surface area contributed by atoms with Crippen LogP contribution in [0.3, 0.4) is 0 Å². The number of aromatic amines is 1. The summed E-state index contributed by atoms with van der Waals surface area (Å²) in [7, 11) is 0. The zero-order valence-corrected chi connectivity index (χ0v) is 17.3. The van der Waals surface area contributed by atoms with Crippen LogP contribution in [0.1, 0.15) is 36.4 Å². The van der Waals surface area contributed by atoms with Gasteiger partial charge in [-0.1, -0.05) is 18.2 Å². The van der Waals surface area contributed by atoms with E-state index in [1.54, 1.807) is 6.33 Å². The molecule has 0 radical (unpaired) electrons. The van der Waals surface area contributed by atoms with Gasteiger partial charge < -0.3 is 25.6 Å². The number of H-pyrrole nitrogens is 1. The molecule has 5 rings (SSSR count). The Hall–Kier alpha value is -3.39. The van der Waals surface area contributed by atoms with Crippen LogP contribution in [0, 0.1) is 0 Å².